The molecule has 6 nitrogen and oxygen atoms in total. The minimum Gasteiger partial charge on any atom is -0.467 e. The highest BCUT2D eigenvalue weighted by atomic mass is 35.5. The number of nitrogens with one attached hydrogen (secondary N) is 1. The number of aliphatic hydroxyl groups excluding tert-OH is 1. The molecule has 0 saturated carbocycles. The van der Waals surface area contributed by atoms with Crippen LogP contribution in [0.1, 0.15) is 22.3 Å². The molecule has 1 atom stereocenters. The lowest BCUT2D eigenvalue weighted by Crippen LogP contribution is -2.30. The molecule has 23 heavy (non-hydrogen) atoms. The largest absolute Gasteiger partial charge is 0.467 e. The fraction of sp³-hybridized carbons (Fsp3) is 0.125. The van der Waals surface area contributed by atoms with Gasteiger partial charge in [0.2, 0.25) is 0 Å². The van der Waals surface area contributed by atoms with Gasteiger partial charge in [-0.25, -0.2) is 0 Å². The number of aromatic nitrogens is 1. The van der Waals surface area contributed by atoms with Crippen LogP contribution in [0.25, 0.3) is 11.3 Å². The molecule has 1 unspecified atom stereocenters. The average molecular weight is 333 g/mol. The van der Waals surface area contributed by atoms with Crippen molar-refractivity contribution in [1.82, 2.24) is 10.5 Å². The molecule has 0 spiro atoms. The molecule has 1 amide bonds. The van der Waals surface area contributed by atoms with Gasteiger partial charge < -0.3 is 19.4 Å². The van der Waals surface area contributed by atoms with Crippen LogP contribution in [0.5, 0.6) is 0 Å². The third-order valence-corrected chi connectivity index (χ3v) is 3.50. The van der Waals surface area contributed by atoms with Gasteiger partial charge in [-0.2, -0.15) is 0 Å². The molecule has 0 bridgehead atoms. The van der Waals surface area contributed by atoms with Crippen molar-refractivity contribution in [2.45, 2.75) is 6.04 Å². The Morgan fingerprint density at radius 2 is 2.09 bits per heavy atom. The second-order valence-electron chi connectivity index (χ2n) is 4.81. The van der Waals surface area contributed by atoms with Gasteiger partial charge in [-0.15, -0.1) is 0 Å². The van der Waals surface area contributed by atoms with Crippen LogP contribution in [0.4, 0.5) is 0 Å². The zero-order valence-corrected chi connectivity index (χ0v) is 12.7. The Kier molecular flexibility index (Phi) is 4.45. The first kappa shape index (κ1) is 15.3. The highest BCUT2D eigenvalue weighted by Gasteiger charge is 2.20. The fourth-order valence-electron chi connectivity index (χ4n) is 2.06. The lowest BCUT2D eigenvalue weighted by Gasteiger charge is -2.12. The van der Waals surface area contributed by atoms with Gasteiger partial charge in [0, 0.05) is 16.7 Å². The second-order valence-corrected chi connectivity index (χ2v) is 5.24. The second kappa shape index (κ2) is 6.68. The van der Waals surface area contributed by atoms with Crippen molar-refractivity contribution in [2.24, 2.45) is 0 Å². The molecule has 1 aromatic carbocycles. The summed E-state index contributed by atoms with van der Waals surface area (Å²) < 4.78 is 10.4. The van der Waals surface area contributed by atoms with Crippen molar-refractivity contribution in [3.8, 4) is 11.3 Å². The Balaban J connectivity index is 1.74. The SMILES string of the molecule is O=C(NC(CO)c1ccco1)c1cc(-c2ccc(Cl)cc2)on1. The number of halogens is 1. The Hall–Kier alpha value is -2.57. The number of carbonyl (C=O) groups excluding carboxylic acids is 1. The Morgan fingerprint density at radius 1 is 1.30 bits per heavy atom. The zero-order valence-electron chi connectivity index (χ0n) is 11.9. The maximum atomic E-state index is 12.2. The number of furan rings is 1. The molecule has 0 radical (unpaired) electrons. The van der Waals surface area contributed by atoms with Gasteiger partial charge >= 0.3 is 0 Å². The van der Waals surface area contributed by atoms with Crippen LogP contribution >= 0.6 is 11.6 Å². The normalized spacial score (nSPS) is 12.1. The van der Waals surface area contributed by atoms with Crippen LogP contribution in [0.15, 0.2) is 57.7 Å². The summed E-state index contributed by atoms with van der Waals surface area (Å²) in [7, 11) is 0. The minimum absolute atomic E-state index is 0.111. The van der Waals surface area contributed by atoms with Gasteiger partial charge in [0.15, 0.2) is 11.5 Å². The molecule has 0 aliphatic heterocycles. The van der Waals surface area contributed by atoms with Gasteiger partial charge in [0.1, 0.15) is 11.8 Å². The molecule has 3 aromatic rings. The first-order valence-electron chi connectivity index (χ1n) is 6.85. The first-order valence-corrected chi connectivity index (χ1v) is 7.23. The maximum absolute atomic E-state index is 12.2. The van der Waals surface area contributed by atoms with E-state index < -0.39 is 11.9 Å². The summed E-state index contributed by atoms with van der Waals surface area (Å²) in [5.41, 5.74) is 0.866. The van der Waals surface area contributed by atoms with E-state index in [-0.39, 0.29) is 12.3 Å². The van der Waals surface area contributed by atoms with E-state index in [1.165, 1.54) is 12.3 Å². The van der Waals surface area contributed by atoms with Crippen molar-refractivity contribution in [3.05, 3.63) is 65.2 Å². The van der Waals surface area contributed by atoms with E-state index in [0.717, 1.165) is 5.56 Å². The van der Waals surface area contributed by atoms with Crippen LogP contribution in [0, 0.1) is 0 Å². The summed E-state index contributed by atoms with van der Waals surface area (Å²) >= 11 is 5.83. The van der Waals surface area contributed by atoms with Gasteiger partial charge in [0.25, 0.3) is 5.91 Å². The van der Waals surface area contributed by atoms with Crippen LogP contribution in [-0.2, 0) is 0 Å². The minimum atomic E-state index is -0.645. The molecule has 2 aromatic heterocycles. The van der Waals surface area contributed by atoms with E-state index in [4.69, 9.17) is 20.5 Å². The van der Waals surface area contributed by atoms with E-state index in [0.29, 0.717) is 16.5 Å². The molecule has 0 fully saturated rings. The molecule has 118 valence electrons. The van der Waals surface area contributed by atoms with E-state index in [1.807, 2.05) is 0 Å². The topological polar surface area (TPSA) is 88.5 Å². The van der Waals surface area contributed by atoms with Crippen molar-refractivity contribution in [2.75, 3.05) is 6.61 Å². The molecular weight excluding hydrogens is 320 g/mol. The highest BCUT2D eigenvalue weighted by molar-refractivity contribution is 6.30. The maximum Gasteiger partial charge on any atom is 0.274 e. The lowest BCUT2D eigenvalue weighted by atomic mass is 10.1. The van der Waals surface area contributed by atoms with Gasteiger partial charge in [-0.05, 0) is 36.4 Å². The fourth-order valence-corrected chi connectivity index (χ4v) is 2.19. The highest BCUT2D eigenvalue weighted by Crippen LogP contribution is 2.22. The third-order valence-electron chi connectivity index (χ3n) is 3.25. The van der Waals surface area contributed by atoms with Crippen molar-refractivity contribution in [3.63, 3.8) is 0 Å². The summed E-state index contributed by atoms with van der Waals surface area (Å²) in [6, 6.07) is 11.2. The van der Waals surface area contributed by atoms with Crippen LogP contribution < -0.4 is 5.32 Å². The van der Waals surface area contributed by atoms with Crippen molar-refractivity contribution < 1.29 is 18.8 Å². The monoisotopic (exact) mass is 332 g/mol. The molecule has 2 N–H and O–H groups in total. The third kappa shape index (κ3) is 3.44. The molecule has 2 heterocycles. The van der Waals surface area contributed by atoms with Gasteiger partial charge in [-0.1, -0.05) is 16.8 Å². The number of benzene rings is 1. The van der Waals surface area contributed by atoms with Gasteiger partial charge in [-0.3, -0.25) is 4.79 Å². The number of rotatable bonds is 5. The summed E-state index contributed by atoms with van der Waals surface area (Å²) in [4.78, 5) is 12.2. The Bertz CT molecular complexity index is 781. The number of hydrogen-bond acceptors (Lipinski definition) is 5. The molecule has 0 aliphatic carbocycles. The lowest BCUT2D eigenvalue weighted by molar-refractivity contribution is 0.0898. The van der Waals surface area contributed by atoms with E-state index in [1.54, 1.807) is 36.4 Å². The molecule has 0 aliphatic rings. The number of hydrogen-bond donors (Lipinski definition) is 2. The smallest absolute Gasteiger partial charge is 0.274 e. The van der Waals surface area contributed by atoms with E-state index in [9.17, 15) is 9.90 Å². The molecular formula is C16H13ClN2O4. The summed E-state index contributed by atoms with van der Waals surface area (Å²) in [5.74, 6) is 0.442. The zero-order chi connectivity index (χ0) is 16.2. The number of nitrogens with zero attached hydrogens (tertiary/aromatic N) is 1. The number of amides is 1. The quantitative estimate of drug-likeness (QED) is 0.749. The summed E-state index contributed by atoms with van der Waals surface area (Å²) in [5, 5.41) is 16.4. The molecule has 0 saturated heterocycles. The number of carbonyl (C=O) groups is 1. The Labute approximate surface area is 136 Å². The Morgan fingerprint density at radius 3 is 2.74 bits per heavy atom. The molecule has 7 heteroatoms. The molecule has 3 rings (SSSR count). The predicted octanol–water partition coefficient (Wildman–Crippen LogP) is 3.05. The van der Waals surface area contributed by atoms with Crippen LogP contribution in [0.2, 0.25) is 5.02 Å². The van der Waals surface area contributed by atoms with Crippen molar-refractivity contribution in [1.29, 1.82) is 0 Å². The van der Waals surface area contributed by atoms with Crippen molar-refractivity contribution >= 4 is 17.5 Å². The standard InChI is InChI=1S/C16H13ClN2O4/c17-11-5-3-10(4-6-11)15-8-12(19-23-15)16(21)18-13(9-20)14-2-1-7-22-14/h1-8,13,20H,9H2,(H,18,21). The average Bonchev–Trinajstić information content (AvgIpc) is 3.24. The number of aliphatic hydroxyl groups is 1. The first-order chi connectivity index (χ1) is 11.2. The van der Waals surface area contributed by atoms with Crippen LogP contribution in [0.3, 0.4) is 0 Å². The van der Waals surface area contributed by atoms with Gasteiger partial charge in [0.05, 0.1) is 12.9 Å². The predicted molar refractivity (Wildman–Crippen MR) is 83.0 cm³/mol. The van der Waals surface area contributed by atoms with E-state index >= 15 is 0 Å². The van der Waals surface area contributed by atoms with E-state index in [2.05, 4.69) is 10.5 Å². The summed E-state index contributed by atoms with van der Waals surface area (Å²) in [6.45, 7) is -0.291. The van der Waals surface area contributed by atoms with Crippen LogP contribution in [-0.4, -0.2) is 22.8 Å². The summed E-state index contributed by atoms with van der Waals surface area (Å²) in [6.07, 6.45) is 1.47.